The first kappa shape index (κ1) is 12.2. The van der Waals surface area contributed by atoms with Crippen molar-refractivity contribution in [3.05, 3.63) is 28.8 Å². The summed E-state index contributed by atoms with van der Waals surface area (Å²) in [4.78, 5) is 0. The van der Waals surface area contributed by atoms with Crippen LogP contribution in [0.1, 0.15) is 18.4 Å². The van der Waals surface area contributed by atoms with Crippen LogP contribution in [0, 0.1) is 0 Å². The molecule has 1 aromatic carbocycles. The molecule has 5 heteroatoms. The number of hydrogen-bond acceptors (Lipinski definition) is 1. The molecular weight excluding hydrogens is 227 g/mol. The Kier molecular flexibility index (Phi) is 3.85. The molecule has 0 heterocycles. The number of halogens is 4. The van der Waals surface area contributed by atoms with Gasteiger partial charge in [-0.25, -0.2) is 0 Å². The quantitative estimate of drug-likeness (QED) is 0.795. The zero-order valence-electron chi connectivity index (χ0n) is 7.94. The van der Waals surface area contributed by atoms with Crippen molar-refractivity contribution < 1.29 is 13.2 Å². The maximum Gasteiger partial charge on any atom is 0.389 e. The highest BCUT2D eigenvalue weighted by atomic mass is 35.5. The van der Waals surface area contributed by atoms with Crippen LogP contribution < -0.4 is 5.73 Å². The molecule has 0 aliphatic rings. The molecule has 0 saturated carbocycles. The predicted octanol–water partition coefficient (Wildman–Crippen LogP) is 3.81. The lowest BCUT2D eigenvalue weighted by Gasteiger charge is -2.08. The highest BCUT2D eigenvalue weighted by Crippen LogP contribution is 2.24. The number of alkyl halides is 3. The van der Waals surface area contributed by atoms with Crippen molar-refractivity contribution in [1.82, 2.24) is 0 Å². The lowest BCUT2D eigenvalue weighted by atomic mass is 10.1. The summed E-state index contributed by atoms with van der Waals surface area (Å²) in [6.45, 7) is 0. The highest BCUT2D eigenvalue weighted by Gasteiger charge is 2.26. The maximum absolute atomic E-state index is 11.9. The second kappa shape index (κ2) is 4.75. The third-order valence-electron chi connectivity index (χ3n) is 2.01. The van der Waals surface area contributed by atoms with Gasteiger partial charge >= 0.3 is 6.18 Å². The van der Waals surface area contributed by atoms with Crippen LogP contribution >= 0.6 is 11.6 Å². The van der Waals surface area contributed by atoms with Gasteiger partial charge < -0.3 is 5.73 Å². The number of anilines is 1. The van der Waals surface area contributed by atoms with Crippen molar-refractivity contribution >= 4 is 17.3 Å². The Morgan fingerprint density at radius 2 is 1.93 bits per heavy atom. The molecule has 0 bridgehead atoms. The van der Waals surface area contributed by atoms with E-state index in [1.54, 1.807) is 18.2 Å². The third kappa shape index (κ3) is 4.42. The van der Waals surface area contributed by atoms with Crippen LogP contribution in [0.5, 0.6) is 0 Å². The fourth-order valence-corrected chi connectivity index (χ4v) is 1.45. The van der Waals surface area contributed by atoms with Gasteiger partial charge in [-0.2, -0.15) is 13.2 Å². The van der Waals surface area contributed by atoms with E-state index in [4.69, 9.17) is 17.3 Å². The van der Waals surface area contributed by atoms with Gasteiger partial charge in [0.05, 0.1) is 0 Å². The molecule has 1 aromatic rings. The Morgan fingerprint density at radius 3 is 2.47 bits per heavy atom. The van der Waals surface area contributed by atoms with Gasteiger partial charge in [-0.1, -0.05) is 17.7 Å². The van der Waals surface area contributed by atoms with Crippen molar-refractivity contribution in [3.63, 3.8) is 0 Å². The van der Waals surface area contributed by atoms with Gasteiger partial charge in [-0.15, -0.1) is 0 Å². The van der Waals surface area contributed by atoms with Gasteiger partial charge in [-0.05, 0) is 30.5 Å². The number of benzene rings is 1. The van der Waals surface area contributed by atoms with Crippen LogP contribution in [0.4, 0.5) is 18.9 Å². The topological polar surface area (TPSA) is 26.0 Å². The Hall–Kier alpha value is -0.900. The summed E-state index contributed by atoms with van der Waals surface area (Å²) in [5.74, 6) is 0. The van der Waals surface area contributed by atoms with Gasteiger partial charge in [-0.3, -0.25) is 0 Å². The van der Waals surface area contributed by atoms with Gasteiger partial charge in [0.1, 0.15) is 0 Å². The van der Waals surface area contributed by atoms with Crippen LogP contribution in [0.2, 0.25) is 5.02 Å². The van der Waals surface area contributed by atoms with Crippen LogP contribution in [-0.4, -0.2) is 6.18 Å². The second-order valence-corrected chi connectivity index (χ2v) is 3.75. The summed E-state index contributed by atoms with van der Waals surface area (Å²) in [5.41, 5.74) is 6.77. The molecule has 0 fully saturated rings. The normalized spacial score (nSPS) is 11.7. The van der Waals surface area contributed by atoms with E-state index in [1.165, 1.54) is 0 Å². The summed E-state index contributed by atoms with van der Waals surface area (Å²) < 4.78 is 35.6. The van der Waals surface area contributed by atoms with Crippen LogP contribution in [0.25, 0.3) is 0 Å². The van der Waals surface area contributed by atoms with E-state index in [-0.39, 0.29) is 6.42 Å². The number of rotatable bonds is 3. The zero-order valence-corrected chi connectivity index (χ0v) is 8.70. The van der Waals surface area contributed by atoms with Crippen molar-refractivity contribution in [2.75, 3.05) is 5.73 Å². The predicted molar refractivity (Wildman–Crippen MR) is 54.9 cm³/mol. The molecule has 0 aliphatic heterocycles. The number of nitrogens with two attached hydrogens (primary N) is 1. The Labute approximate surface area is 91.0 Å². The Morgan fingerprint density at radius 1 is 1.27 bits per heavy atom. The zero-order chi connectivity index (χ0) is 11.5. The van der Waals surface area contributed by atoms with Crippen molar-refractivity contribution in [2.24, 2.45) is 0 Å². The summed E-state index contributed by atoms with van der Waals surface area (Å²) in [7, 11) is 0. The summed E-state index contributed by atoms with van der Waals surface area (Å²) in [6, 6.07) is 4.83. The number of aryl methyl sites for hydroxylation is 1. The van der Waals surface area contributed by atoms with E-state index in [1.807, 2.05) is 0 Å². The first-order chi connectivity index (χ1) is 6.88. The lowest BCUT2D eigenvalue weighted by Crippen LogP contribution is -2.07. The third-order valence-corrected chi connectivity index (χ3v) is 2.25. The summed E-state index contributed by atoms with van der Waals surface area (Å²) in [5, 5.41) is 0.493. The molecule has 15 heavy (non-hydrogen) atoms. The molecule has 1 rings (SSSR count). The van der Waals surface area contributed by atoms with E-state index in [0.29, 0.717) is 22.7 Å². The van der Waals surface area contributed by atoms with E-state index in [9.17, 15) is 13.2 Å². The summed E-state index contributed by atoms with van der Waals surface area (Å²) in [6.07, 6.45) is -4.51. The van der Waals surface area contributed by atoms with Gasteiger partial charge in [0.2, 0.25) is 0 Å². The molecular formula is C10H11ClF3N. The van der Waals surface area contributed by atoms with E-state index >= 15 is 0 Å². The molecule has 0 spiro atoms. The first-order valence-corrected chi connectivity index (χ1v) is 4.87. The van der Waals surface area contributed by atoms with Crippen molar-refractivity contribution in [2.45, 2.75) is 25.4 Å². The number of hydrogen-bond donors (Lipinski definition) is 1. The molecule has 0 amide bonds. The van der Waals surface area contributed by atoms with Gasteiger partial charge in [0, 0.05) is 17.1 Å². The molecule has 0 saturated heterocycles. The fraction of sp³-hybridized carbons (Fsp3) is 0.400. The molecule has 0 unspecified atom stereocenters. The average Bonchev–Trinajstić information content (AvgIpc) is 2.07. The SMILES string of the molecule is Nc1cc(Cl)ccc1CCCC(F)(F)F. The highest BCUT2D eigenvalue weighted by molar-refractivity contribution is 6.30. The minimum absolute atomic E-state index is 0.0509. The molecule has 0 radical (unpaired) electrons. The molecule has 0 aliphatic carbocycles. The molecule has 0 aromatic heterocycles. The van der Waals surface area contributed by atoms with E-state index in [0.717, 1.165) is 0 Å². The van der Waals surface area contributed by atoms with Gasteiger partial charge in [0.25, 0.3) is 0 Å². The van der Waals surface area contributed by atoms with Crippen LogP contribution in [0.15, 0.2) is 18.2 Å². The Bertz CT molecular complexity index is 336. The lowest BCUT2D eigenvalue weighted by molar-refractivity contribution is -0.135. The van der Waals surface area contributed by atoms with Gasteiger partial charge in [0.15, 0.2) is 0 Å². The molecule has 2 N–H and O–H groups in total. The average molecular weight is 238 g/mol. The first-order valence-electron chi connectivity index (χ1n) is 4.49. The maximum atomic E-state index is 11.9. The fourth-order valence-electron chi connectivity index (χ4n) is 1.27. The standard InChI is InChI=1S/C10H11ClF3N/c11-8-4-3-7(9(15)6-8)2-1-5-10(12,13)14/h3-4,6H,1-2,5,15H2. The summed E-state index contributed by atoms with van der Waals surface area (Å²) >= 11 is 5.66. The van der Waals surface area contributed by atoms with E-state index in [2.05, 4.69) is 0 Å². The van der Waals surface area contributed by atoms with E-state index < -0.39 is 12.6 Å². The minimum Gasteiger partial charge on any atom is -0.398 e. The molecule has 0 atom stereocenters. The largest absolute Gasteiger partial charge is 0.398 e. The molecule has 1 nitrogen and oxygen atoms in total. The van der Waals surface area contributed by atoms with Crippen molar-refractivity contribution in [3.8, 4) is 0 Å². The second-order valence-electron chi connectivity index (χ2n) is 3.31. The monoisotopic (exact) mass is 237 g/mol. The van der Waals surface area contributed by atoms with Crippen LogP contribution in [-0.2, 0) is 6.42 Å². The van der Waals surface area contributed by atoms with Crippen LogP contribution in [0.3, 0.4) is 0 Å². The minimum atomic E-state index is -4.10. The number of nitrogen functional groups attached to an aromatic ring is 1. The smallest absolute Gasteiger partial charge is 0.389 e. The van der Waals surface area contributed by atoms with Crippen molar-refractivity contribution in [1.29, 1.82) is 0 Å². The molecule has 84 valence electrons. The Balaban J connectivity index is 2.51.